The largest absolute Gasteiger partial charge is 0.293 e. The highest BCUT2D eigenvalue weighted by Gasteiger charge is 1.95. The first-order valence-electron chi connectivity index (χ1n) is 4.05. The average Bonchev–Trinajstić information content (AvgIpc) is 2.53. The van der Waals surface area contributed by atoms with Crippen LogP contribution in [0, 0.1) is 12.3 Å². The molecule has 0 saturated heterocycles. The summed E-state index contributed by atoms with van der Waals surface area (Å²) in [5.74, 6) is 0. The Labute approximate surface area is 80.6 Å². The van der Waals surface area contributed by atoms with Crippen LogP contribution >= 0.6 is 11.3 Å². The number of nitrogens with zero attached hydrogens (tertiary/aromatic N) is 1. The molecule has 0 amide bonds. The van der Waals surface area contributed by atoms with Crippen molar-refractivity contribution in [2.75, 3.05) is 0 Å². The van der Waals surface area contributed by atoms with E-state index in [1.54, 1.807) is 0 Å². The van der Waals surface area contributed by atoms with Crippen molar-refractivity contribution in [1.29, 1.82) is 5.41 Å². The van der Waals surface area contributed by atoms with E-state index in [2.05, 4.69) is 19.1 Å². The summed E-state index contributed by atoms with van der Waals surface area (Å²) in [5, 5.41) is 9.54. The molecule has 1 N–H and O–H groups in total. The second kappa shape index (κ2) is 3.18. The predicted octanol–water partition coefficient (Wildman–Crippen LogP) is 2.33. The van der Waals surface area contributed by atoms with Gasteiger partial charge in [0.25, 0.3) is 0 Å². The van der Waals surface area contributed by atoms with E-state index in [9.17, 15) is 0 Å². The van der Waals surface area contributed by atoms with Gasteiger partial charge in [-0.25, -0.2) is 0 Å². The molecular weight excluding hydrogens is 180 g/mol. The molecule has 0 aliphatic rings. The van der Waals surface area contributed by atoms with Crippen molar-refractivity contribution in [3.8, 4) is 5.69 Å². The Balaban J connectivity index is 2.54. The van der Waals surface area contributed by atoms with Crippen LogP contribution < -0.4 is 4.80 Å². The van der Waals surface area contributed by atoms with Crippen molar-refractivity contribution >= 4 is 11.3 Å². The van der Waals surface area contributed by atoms with E-state index in [1.807, 2.05) is 28.3 Å². The predicted molar refractivity (Wildman–Crippen MR) is 54.2 cm³/mol. The van der Waals surface area contributed by atoms with Crippen LogP contribution in [0.15, 0.2) is 35.8 Å². The number of hydrogen-bond acceptors (Lipinski definition) is 2. The molecule has 3 heteroatoms. The molecular formula is C10H10N2S. The molecule has 0 saturated carbocycles. The van der Waals surface area contributed by atoms with E-state index >= 15 is 0 Å². The van der Waals surface area contributed by atoms with Crippen LogP contribution in [0.2, 0.25) is 0 Å². The van der Waals surface area contributed by atoms with E-state index < -0.39 is 0 Å². The molecule has 0 radical (unpaired) electrons. The molecule has 0 bridgehead atoms. The van der Waals surface area contributed by atoms with E-state index in [0.717, 1.165) is 5.69 Å². The highest BCUT2D eigenvalue weighted by Crippen LogP contribution is 2.07. The van der Waals surface area contributed by atoms with Crippen molar-refractivity contribution in [3.63, 3.8) is 0 Å². The fraction of sp³-hybridized carbons (Fsp3) is 0.100. The van der Waals surface area contributed by atoms with E-state index in [4.69, 9.17) is 5.41 Å². The topological polar surface area (TPSA) is 28.8 Å². The summed E-state index contributed by atoms with van der Waals surface area (Å²) in [6, 6.07) is 8.17. The van der Waals surface area contributed by atoms with Gasteiger partial charge >= 0.3 is 0 Å². The molecule has 0 spiro atoms. The maximum atomic E-state index is 7.62. The zero-order valence-electron chi connectivity index (χ0n) is 7.32. The van der Waals surface area contributed by atoms with Crippen LogP contribution in [-0.2, 0) is 0 Å². The Morgan fingerprint density at radius 2 is 1.92 bits per heavy atom. The van der Waals surface area contributed by atoms with Crippen molar-refractivity contribution in [2.45, 2.75) is 6.92 Å². The van der Waals surface area contributed by atoms with E-state index in [0.29, 0.717) is 4.80 Å². The van der Waals surface area contributed by atoms with Gasteiger partial charge in [0.2, 0.25) is 0 Å². The first-order chi connectivity index (χ1) is 6.27. The lowest BCUT2D eigenvalue weighted by atomic mass is 10.2. The monoisotopic (exact) mass is 190 g/mol. The minimum Gasteiger partial charge on any atom is -0.293 e. The molecule has 1 heterocycles. The average molecular weight is 190 g/mol. The SMILES string of the molecule is Cc1ccc(-n2ccsc2=N)cc1. The van der Waals surface area contributed by atoms with Crippen molar-refractivity contribution in [2.24, 2.45) is 0 Å². The molecule has 66 valence electrons. The van der Waals surface area contributed by atoms with Gasteiger partial charge in [0.1, 0.15) is 0 Å². The summed E-state index contributed by atoms with van der Waals surface area (Å²) in [6.07, 6.45) is 1.91. The lowest BCUT2D eigenvalue weighted by Crippen LogP contribution is -2.08. The Bertz CT molecular complexity index is 450. The van der Waals surface area contributed by atoms with Crippen molar-refractivity contribution < 1.29 is 0 Å². The van der Waals surface area contributed by atoms with E-state index in [-0.39, 0.29) is 0 Å². The summed E-state index contributed by atoms with van der Waals surface area (Å²) in [4.78, 5) is 0.559. The van der Waals surface area contributed by atoms with Gasteiger partial charge in [-0.2, -0.15) is 0 Å². The Kier molecular flexibility index (Phi) is 2.02. The van der Waals surface area contributed by atoms with Gasteiger partial charge in [-0.1, -0.05) is 17.7 Å². The van der Waals surface area contributed by atoms with Gasteiger partial charge in [-0.3, -0.25) is 9.98 Å². The summed E-state index contributed by atoms with van der Waals surface area (Å²) in [5.41, 5.74) is 2.29. The third kappa shape index (κ3) is 1.55. The Morgan fingerprint density at radius 1 is 1.23 bits per heavy atom. The van der Waals surface area contributed by atoms with Crippen LogP contribution in [0.1, 0.15) is 5.56 Å². The fourth-order valence-electron chi connectivity index (χ4n) is 1.19. The standard InChI is InChI=1S/C10H10N2S/c1-8-2-4-9(5-3-8)12-6-7-13-10(12)11/h2-7,11H,1H3. The summed E-state index contributed by atoms with van der Waals surface area (Å²) in [6.45, 7) is 2.06. The quantitative estimate of drug-likeness (QED) is 0.715. The van der Waals surface area contributed by atoms with Crippen LogP contribution in [0.3, 0.4) is 0 Å². The van der Waals surface area contributed by atoms with Crippen LogP contribution in [0.25, 0.3) is 5.69 Å². The van der Waals surface area contributed by atoms with Crippen LogP contribution in [0.4, 0.5) is 0 Å². The third-order valence-corrected chi connectivity index (χ3v) is 2.60. The zero-order valence-corrected chi connectivity index (χ0v) is 8.14. The highest BCUT2D eigenvalue weighted by molar-refractivity contribution is 7.07. The van der Waals surface area contributed by atoms with Gasteiger partial charge in [0, 0.05) is 17.3 Å². The molecule has 2 rings (SSSR count). The number of rotatable bonds is 1. The summed E-state index contributed by atoms with van der Waals surface area (Å²) >= 11 is 1.43. The van der Waals surface area contributed by atoms with Gasteiger partial charge < -0.3 is 0 Å². The Morgan fingerprint density at radius 3 is 2.46 bits per heavy atom. The number of hydrogen-bond donors (Lipinski definition) is 1. The zero-order chi connectivity index (χ0) is 9.26. The minimum absolute atomic E-state index is 0.559. The molecule has 13 heavy (non-hydrogen) atoms. The number of nitrogens with one attached hydrogen (secondary N) is 1. The molecule has 0 unspecified atom stereocenters. The molecule has 2 nitrogen and oxygen atoms in total. The Hall–Kier alpha value is -1.35. The van der Waals surface area contributed by atoms with Crippen molar-refractivity contribution in [1.82, 2.24) is 4.57 Å². The lowest BCUT2D eigenvalue weighted by Gasteiger charge is -2.01. The highest BCUT2D eigenvalue weighted by atomic mass is 32.1. The van der Waals surface area contributed by atoms with Crippen molar-refractivity contribution in [3.05, 3.63) is 46.2 Å². The number of aryl methyl sites for hydroxylation is 1. The van der Waals surface area contributed by atoms with Gasteiger partial charge in [0.05, 0.1) is 0 Å². The second-order valence-corrected chi connectivity index (χ2v) is 3.81. The first kappa shape index (κ1) is 8.26. The third-order valence-electron chi connectivity index (χ3n) is 1.92. The summed E-state index contributed by atoms with van der Waals surface area (Å²) in [7, 11) is 0. The van der Waals surface area contributed by atoms with Gasteiger partial charge in [-0.15, -0.1) is 11.3 Å². The molecule has 2 aromatic rings. The number of aromatic nitrogens is 1. The molecule has 0 aliphatic heterocycles. The molecule has 1 aromatic carbocycles. The smallest absolute Gasteiger partial charge is 0.186 e. The minimum atomic E-state index is 0.559. The molecule has 1 aromatic heterocycles. The normalized spacial score (nSPS) is 10.2. The molecule has 0 fully saturated rings. The maximum absolute atomic E-state index is 7.62. The second-order valence-electron chi connectivity index (χ2n) is 2.91. The number of benzene rings is 1. The lowest BCUT2D eigenvalue weighted by molar-refractivity contribution is 0.978. The van der Waals surface area contributed by atoms with Gasteiger partial charge in [0.15, 0.2) is 4.80 Å². The summed E-state index contributed by atoms with van der Waals surface area (Å²) < 4.78 is 1.87. The van der Waals surface area contributed by atoms with Crippen LogP contribution in [-0.4, -0.2) is 4.57 Å². The molecule has 0 atom stereocenters. The van der Waals surface area contributed by atoms with Crippen LogP contribution in [0.5, 0.6) is 0 Å². The number of thiazole rings is 1. The van der Waals surface area contributed by atoms with E-state index in [1.165, 1.54) is 16.9 Å². The first-order valence-corrected chi connectivity index (χ1v) is 4.93. The fourth-order valence-corrected chi connectivity index (χ4v) is 1.78. The molecule has 0 aliphatic carbocycles. The van der Waals surface area contributed by atoms with Gasteiger partial charge in [-0.05, 0) is 19.1 Å². The maximum Gasteiger partial charge on any atom is 0.186 e.